The average molecular weight is 530 g/mol. The van der Waals surface area contributed by atoms with Gasteiger partial charge in [0.2, 0.25) is 5.13 Å². The van der Waals surface area contributed by atoms with Crippen molar-refractivity contribution in [2.45, 2.75) is 25.9 Å². The number of hydrogen-bond donors (Lipinski definition) is 1. The lowest BCUT2D eigenvalue weighted by Gasteiger charge is -2.26. The maximum atomic E-state index is 13.6. The van der Waals surface area contributed by atoms with Gasteiger partial charge in [-0.25, -0.2) is 9.67 Å². The molecule has 2 aromatic carbocycles. The van der Waals surface area contributed by atoms with E-state index in [2.05, 4.69) is 24.3 Å². The fourth-order valence-corrected chi connectivity index (χ4v) is 5.45. The molecule has 2 aromatic heterocycles. The quantitative estimate of drug-likeness (QED) is 0.378. The number of hydrogen-bond acceptors (Lipinski definition) is 6. The van der Waals surface area contributed by atoms with E-state index in [1.807, 2.05) is 24.3 Å². The summed E-state index contributed by atoms with van der Waals surface area (Å²) in [6.07, 6.45) is -4.54. The Morgan fingerprint density at radius 3 is 2.57 bits per heavy atom. The van der Waals surface area contributed by atoms with Gasteiger partial charge in [0.25, 0.3) is 5.91 Å². The van der Waals surface area contributed by atoms with E-state index in [0.29, 0.717) is 42.6 Å². The molecule has 0 spiro atoms. The van der Waals surface area contributed by atoms with Crippen molar-refractivity contribution in [3.63, 3.8) is 0 Å². The molecule has 4 aromatic rings. The van der Waals surface area contributed by atoms with Crippen LogP contribution in [-0.2, 0) is 6.18 Å². The van der Waals surface area contributed by atoms with Gasteiger partial charge >= 0.3 is 6.18 Å². The van der Waals surface area contributed by atoms with Crippen LogP contribution in [0.3, 0.4) is 0 Å². The van der Waals surface area contributed by atoms with Crippen LogP contribution in [-0.4, -0.2) is 58.9 Å². The van der Waals surface area contributed by atoms with Crippen LogP contribution in [0.25, 0.3) is 27.3 Å². The highest BCUT2D eigenvalue weighted by molar-refractivity contribution is 7.14. The minimum atomic E-state index is -4.54. The van der Waals surface area contributed by atoms with Crippen LogP contribution in [0.2, 0.25) is 0 Å². The summed E-state index contributed by atoms with van der Waals surface area (Å²) in [6, 6.07) is 10.9. The van der Waals surface area contributed by atoms with E-state index in [4.69, 9.17) is 9.72 Å². The number of amides is 1. The van der Waals surface area contributed by atoms with Crippen LogP contribution in [0.5, 0.6) is 5.75 Å². The van der Waals surface area contributed by atoms with Crippen molar-refractivity contribution in [3.8, 4) is 22.1 Å². The van der Waals surface area contributed by atoms with Gasteiger partial charge in [-0.1, -0.05) is 37.3 Å². The highest BCUT2D eigenvalue weighted by Gasteiger charge is 2.33. The highest BCUT2D eigenvalue weighted by atomic mass is 32.1. The van der Waals surface area contributed by atoms with E-state index in [1.165, 1.54) is 22.1 Å². The zero-order valence-corrected chi connectivity index (χ0v) is 21.4. The molecule has 1 saturated heterocycles. The third kappa shape index (κ3) is 4.80. The van der Waals surface area contributed by atoms with Gasteiger partial charge < -0.3 is 15.0 Å². The number of alkyl halides is 3. The highest BCUT2D eigenvalue weighted by Crippen LogP contribution is 2.38. The van der Waals surface area contributed by atoms with Crippen molar-refractivity contribution in [2.75, 3.05) is 33.3 Å². The summed E-state index contributed by atoms with van der Waals surface area (Å²) in [5, 5.41) is 8.37. The number of piperazine rings is 1. The van der Waals surface area contributed by atoms with E-state index in [0.717, 1.165) is 28.3 Å². The summed E-state index contributed by atoms with van der Waals surface area (Å²) < 4.78 is 47.6. The van der Waals surface area contributed by atoms with Crippen LogP contribution in [0.4, 0.5) is 13.2 Å². The van der Waals surface area contributed by atoms with Gasteiger partial charge in [-0.3, -0.25) is 4.79 Å². The number of aromatic nitrogens is 3. The van der Waals surface area contributed by atoms with Crippen LogP contribution in [0, 0.1) is 0 Å². The van der Waals surface area contributed by atoms with Gasteiger partial charge in [0.1, 0.15) is 5.75 Å². The number of benzene rings is 2. The number of carbonyl (C=O) groups excluding carboxylic acids is 1. The Morgan fingerprint density at radius 1 is 1.14 bits per heavy atom. The van der Waals surface area contributed by atoms with Gasteiger partial charge in [-0.15, -0.1) is 0 Å². The number of carbonyl (C=O) groups is 1. The van der Waals surface area contributed by atoms with E-state index in [-0.39, 0.29) is 17.0 Å². The normalized spacial score (nSPS) is 14.5. The molecule has 11 heteroatoms. The van der Waals surface area contributed by atoms with Gasteiger partial charge in [0.05, 0.1) is 23.9 Å². The Hall–Kier alpha value is -3.44. The van der Waals surface area contributed by atoms with Crippen LogP contribution >= 0.6 is 11.3 Å². The van der Waals surface area contributed by atoms with Crippen LogP contribution in [0.1, 0.15) is 40.7 Å². The average Bonchev–Trinajstić information content (AvgIpc) is 3.50. The second kappa shape index (κ2) is 9.79. The second-order valence-corrected chi connectivity index (χ2v) is 10.1. The Kier molecular flexibility index (Phi) is 6.67. The molecular formula is C26H26F3N5O2S. The Bertz CT molecular complexity index is 1450. The van der Waals surface area contributed by atoms with E-state index in [9.17, 15) is 18.0 Å². The SMILES string of the molecule is COc1cccc(-c2nc(-n3nc(C(=O)N4CCNCC4)c4cc(C(F)(F)F)ccc43)sc2C(C)C)c1. The molecule has 0 aliphatic carbocycles. The predicted octanol–water partition coefficient (Wildman–Crippen LogP) is 5.35. The maximum absolute atomic E-state index is 13.6. The largest absolute Gasteiger partial charge is 0.497 e. The summed E-state index contributed by atoms with van der Waals surface area (Å²) in [4.78, 5) is 20.9. The lowest BCUT2D eigenvalue weighted by atomic mass is 10.1. The molecule has 0 bridgehead atoms. The molecule has 7 nitrogen and oxygen atoms in total. The van der Waals surface area contributed by atoms with Gasteiger partial charge in [0, 0.05) is 42.0 Å². The molecule has 0 saturated carbocycles. The first-order valence-electron chi connectivity index (χ1n) is 11.9. The first-order valence-corrected chi connectivity index (χ1v) is 12.7. The minimum Gasteiger partial charge on any atom is -0.497 e. The van der Waals surface area contributed by atoms with E-state index >= 15 is 0 Å². The summed E-state index contributed by atoms with van der Waals surface area (Å²) >= 11 is 1.41. The molecule has 5 rings (SSSR count). The predicted molar refractivity (Wildman–Crippen MR) is 137 cm³/mol. The smallest absolute Gasteiger partial charge is 0.416 e. The summed E-state index contributed by atoms with van der Waals surface area (Å²) in [6.45, 7) is 6.26. The monoisotopic (exact) mass is 529 g/mol. The molecule has 37 heavy (non-hydrogen) atoms. The number of nitrogens with one attached hydrogen (secondary N) is 1. The first-order chi connectivity index (χ1) is 17.7. The van der Waals surface area contributed by atoms with Gasteiger partial charge in [-0.2, -0.15) is 18.3 Å². The molecule has 1 aliphatic heterocycles. The van der Waals surface area contributed by atoms with Gasteiger partial charge in [-0.05, 0) is 36.2 Å². The molecule has 0 unspecified atom stereocenters. The molecule has 1 fully saturated rings. The zero-order chi connectivity index (χ0) is 26.3. The molecule has 3 heterocycles. The Morgan fingerprint density at radius 2 is 1.89 bits per heavy atom. The second-order valence-electron chi connectivity index (χ2n) is 9.13. The fraction of sp³-hybridized carbons (Fsp3) is 0.346. The Balaban J connectivity index is 1.68. The summed E-state index contributed by atoms with van der Waals surface area (Å²) in [5.41, 5.74) is 1.17. The molecular weight excluding hydrogens is 503 g/mol. The number of halogens is 3. The zero-order valence-electron chi connectivity index (χ0n) is 20.6. The number of methoxy groups -OCH3 is 1. The standard InChI is InChI=1S/C26H26F3N5O2S/c1-15(2)23-21(16-5-4-6-18(13-16)36-3)31-25(37-23)34-20-8-7-17(26(27,28)29)14-19(20)22(32-34)24(35)33-11-9-30-10-12-33/h4-8,13-15,30H,9-12H2,1-3H3. The molecule has 1 aliphatic rings. The summed E-state index contributed by atoms with van der Waals surface area (Å²) in [5.74, 6) is 0.432. The molecule has 194 valence electrons. The topological polar surface area (TPSA) is 72.3 Å². The molecule has 0 atom stereocenters. The van der Waals surface area contributed by atoms with Crippen molar-refractivity contribution < 1.29 is 22.7 Å². The summed E-state index contributed by atoms with van der Waals surface area (Å²) in [7, 11) is 1.59. The van der Waals surface area contributed by atoms with Crippen molar-refractivity contribution in [3.05, 3.63) is 58.6 Å². The third-order valence-electron chi connectivity index (χ3n) is 6.30. The lowest BCUT2D eigenvalue weighted by Crippen LogP contribution is -2.46. The van der Waals surface area contributed by atoms with Crippen LogP contribution < -0.4 is 10.1 Å². The van der Waals surface area contributed by atoms with Crippen LogP contribution in [0.15, 0.2) is 42.5 Å². The number of thiazole rings is 1. The molecule has 0 radical (unpaired) electrons. The third-order valence-corrected chi connectivity index (χ3v) is 7.64. The molecule has 1 N–H and O–H groups in total. The van der Waals surface area contributed by atoms with Crippen molar-refractivity contribution in [1.29, 1.82) is 0 Å². The Labute approximate surface area is 215 Å². The number of ether oxygens (including phenoxy) is 1. The van der Waals surface area contributed by atoms with Crippen molar-refractivity contribution in [1.82, 2.24) is 25.0 Å². The number of fused-ring (bicyclic) bond motifs is 1. The lowest BCUT2D eigenvalue weighted by molar-refractivity contribution is -0.137. The number of nitrogens with zero attached hydrogens (tertiary/aromatic N) is 4. The fourth-order valence-electron chi connectivity index (χ4n) is 4.40. The first kappa shape index (κ1) is 25.2. The maximum Gasteiger partial charge on any atom is 0.416 e. The van der Waals surface area contributed by atoms with E-state index in [1.54, 1.807) is 12.0 Å². The van der Waals surface area contributed by atoms with E-state index < -0.39 is 17.6 Å². The van der Waals surface area contributed by atoms with Gasteiger partial charge in [0.15, 0.2) is 5.69 Å². The minimum absolute atomic E-state index is 0.00720. The van der Waals surface area contributed by atoms with Crippen molar-refractivity contribution in [2.24, 2.45) is 0 Å². The molecule has 1 amide bonds. The number of rotatable bonds is 5. The van der Waals surface area contributed by atoms with Crippen molar-refractivity contribution >= 4 is 28.1 Å².